The summed E-state index contributed by atoms with van der Waals surface area (Å²) < 4.78 is 0. The van der Waals surface area contributed by atoms with Crippen molar-refractivity contribution in [2.75, 3.05) is 0 Å². The second-order valence-electron chi connectivity index (χ2n) is 3.24. The topological polar surface area (TPSA) is 28.7 Å². The van der Waals surface area contributed by atoms with Gasteiger partial charge in [0.05, 0.1) is 6.20 Å². The van der Waals surface area contributed by atoms with Crippen molar-refractivity contribution in [2.45, 2.75) is 26.2 Å². The van der Waals surface area contributed by atoms with E-state index in [0.29, 0.717) is 0 Å². The van der Waals surface area contributed by atoms with E-state index in [9.17, 15) is 0 Å². The van der Waals surface area contributed by atoms with Crippen molar-refractivity contribution in [1.82, 2.24) is 10.2 Å². The minimum atomic E-state index is 0. The van der Waals surface area contributed by atoms with Crippen LogP contribution in [0.2, 0.25) is 0 Å². The van der Waals surface area contributed by atoms with Gasteiger partial charge in [0.1, 0.15) is 0 Å². The van der Waals surface area contributed by atoms with Gasteiger partial charge in [0, 0.05) is 7.62 Å². The first-order valence-electron chi connectivity index (χ1n) is 3.10. The van der Waals surface area contributed by atoms with E-state index < -0.39 is 0 Å². The van der Waals surface area contributed by atoms with Crippen LogP contribution in [0.1, 0.15) is 27.8 Å². The van der Waals surface area contributed by atoms with E-state index in [1.807, 2.05) is 12.4 Å². The van der Waals surface area contributed by atoms with Crippen molar-refractivity contribution in [3.63, 3.8) is 0 Å². The molecule has 0 aliphatic heterocycles. The van der Waals surface area contributed by atoms with Gasteiger partial charge in [0.2, 0.25) is 0 Å². The molecule has 0 saturated heterocycles. The van der Waals surface area contributed by atoms with Gasteiger partial charge in [-0.1, -0.05) is 20.8 Å². The molecule has 0 saturated carbocycles. The third kappa shape index (κ3) is 1.31. The lowest BCUT2D eigenvalue weighted by atomic mass is 9.90. The molecule has 0 unspecified atom stereocenters. The van der Waals surface area contributed by atoms with Crippen LogP contribution >= 0.6 is 0 Å². The molecule has 0 bridgehead atoms. The van der Waals surface area contributed by atoms with E-state index in [1.54, 1.807) is 0 Å². The first-order chi connectivity index (χ1) is 4.11. The van der Waals surface area contributed by atoms with Gasteiger partial charge in [0.15, 0.2) is 0 Å². The molecule has 0 fully saturated rings. The van der Waals surface area contributed by atoms with E-state index in [4.69, 9.17) is 0 Å². The van der Waals surface area contributed by atoms with E-state index in [2.05, 4.69) is 31.0 Å². The van der Waals surface area contributed by atoms with Gasteiger partial charge in [-0.2, -0.15) is 5.10 Å². The Morgan fingerprint density at radius 2 is 2.22 bits per heavy atom. The highest BCUT2D eigenvalue weighted by Gasteiger charge is 2.13. The average molecular weight is 126 g/mol. The monoisotopic (exact) mass is 126 g/mol. The Labute approximate surface area is 56.8 Å². The fourth-order valence-electron chi connectivity index (χ4n) is 0.661. The van der Waals surface area contributed by atoms with Gasteiger partial charge in [-0.3, -0.25) is 5.10 Å². The first kappa shape index (κ1) is 6.33. The van der Waals surface area contributed by atoms with Crippen LogP contribution in [0, 0.1) is 0 Å². The summed E-state index contributed by atoms with van der Waals surface area (Å²) in [5.74, 6) is 0. The minimum Gasteiger partial charge on any atom is -0.285 e. The largest absolute Gasteiger partial charge is 0.285 e. The van der Waals surface area contributed by atoms with Gasteiger partial charge in [-0.05, 0) is 11.0 Å². The van der Waals surface area contributed by atoms with Crippen molar-refractivity contribution in [3.8, 4) is 0 Å². The molecule has 0 radical (unpaired) electrons. The van der Waals surface area contributed by atoms with E-state index in [0.717, 1.165) is 0 Å². The van der Waals surface area contributed by atoms with Gasteiger partial charge < -0.3 is 0 Å². The summed E-state index contributed by atoms with van der Waals surface area (Å²) in [4.78, 5) is 0. The van der Waals surface area contributed by atoms with Crippen LogP contribution in [0.5, 0.6) is 0 Å². The van der Waals surface area contributed by atoms with Crippen molar-refractivity contribution >= 4 is 0 Å². The fraction of sp³-hybridized carbons (Fsp3) is 0.571. The molecule has 0 aliphatic rings. The van der Waals surface area contributed by atoms with Crippen LogP contribution < -0.4 is 0 Å². The molecular weight excluding hydrogens is 112 g/mol. The molecule has 0 aliphatic carbocycles. The summed E-state index contributed by atoms with van der Waals surface area (Å²) in [6.45, 7) is 6.49. The van der Waals surface area contributed by atoms with Crippen LogP contribution in [0.25, 0.3) is 0 Å². The summed E-state index contributed by atoms with van der Waals surface area (Å²) in [6, 6.07) is 0. The molecule has 0 amide bonds. The number of nitrogens with zero attached hydrogens (tertiary/aromatic N) is 1. The summed E-state index contributed by atoms with van der Waals surface area (Å²) >= 11 is 0. The Kier molecular flexibility index (Phi) is 1.31. The van der Waals surface area contributed by atoms with Crippen LogP contribution in [-0.2, 0) is 5.41 Å². The quantitative estimate of drug-likeness (QED) is 0.565. The first-order valence-corrected chi connectivity index (χ1v) is 3.10. The zero-order chi connectivity index (χ0) is 6.91. The Hall–Kier alpha value is -0.790. The molecule has 0 atom stereocenters. The van der Waals surface area contributed by atoms with E-state index in [1.165, 1.54) is 5.56 Å². The summed E-state index contributed by atoms with van der Waals surface area (Å²) in [7, 11) is 0. The lowest BCUT2D eigenvalue weighted by Crippen LogP contribution is -2.09. The molecule has 2 heteroatoms. The van der Waals surface area contributed by atoms with Crippen molar-refractivity contribution in [3.05, 3.63) is 18.0 Å². The van der Waals surface area contributed by atoms with Crippen LogP contribution in [0.4, 0.5) is 0 Å². The normalized spacial score (nSPS) is 11.9. The summed E-state index contributed by atoms with van der Waals surface area (Å²) in [5.41, 5.74) is 1.48. The second kappa shape index (κ2) is 1.87. The van der Waals surface area contributed by atoms with Crippen molar-refractivity contribution in [2.24, 2.45) is 0 Å². The van der Waals surface area contributed by atoms with Crippen molar-refractivity contribution in [1.29, 1.82) is 0 Å². The number of aromatic amines is 1. The maximum Gasteiger partial charge on any atom is 0.0524 e. The van der Waals surface area contributed by atoms with Crippen LogP contribution in [0.3, 0.4) is 0 Å². The lowest BCUT2D eigenvalue weighted by molar-refractivity contribution is 0.590. The number of hydrogen-bond donors (Lipinski definition) is 1. The highest BCUT2D eigenvalue weighted by Crippen LogP contribution is 2.19. The predicted octanol–water partition coefficient (Wildman–Crippen LogP) is 1.95. The second-order valence-corrected chi connectivity index (χ2v) is 3.24. The maximum atomic E-state index is 3.86. The van der Waals surface area contributed by atoms with Crippen LogP contribution in [-0.4, -0.2) is 10.2 Å². The summed E-state index contributed by atoms with van der Waals surface area (Å²) in [5, 5.41) is 6.65. The molecule has 0 spiro atoms. The zero-order valence-electron chi connectivity index (χ0n) is 6.10. The number of H-pyrrole nitrogens is 1. The fourth-order valence-corrected chi connectivity index (χ4v) is 0.661. The SMILES string of the molecule is CC(C)(C)c1cn[nH]c1.[HH]. The van der Waals surface area contributed by atoms with E-state index in [-0.39, 0.29) is 6.84 Å². The van der Waals surface area contributed by atoms with Crippen LogP contribution in [0.15, 0.2) is 12.4 Å². The molecule has 1 aromatic heterocycles. The molecule has 1 rings (SSSR count). The molecule has 1 heterocycles. The Morgan fingerprint density at radius 3 is 2.44 bits per heavy atom. The molecule has 1 N–H and O–H groups in total. The number of nitrogens with one attached hydrogen (secondary N) is 1. The van der Waals surface area contributed by atoms with Gasteiger partial charge in [0.25, 0.3) is 0 Å². The molecular formula is C7H14N2. The number of hydrogen-bond acceptors (Lipinski definition) is 1. The van der Waals surface area contributed by atoms with Crippen molar-refractivity contribution < 1.29 is 1.43 Å². The molecule has 52 valence electrons. The molecule has 0 aromatic carbocycles. The minimum absolute atomic E-state index is 0. The highest BCUT2D eigenvalue weighted by molar-refractivity contribution is 5.13. The Bertz CT molecular complexity index is 174. The molecule has 2 nitrogen and oxygen atoms in total. The summed E-state index contributed by atoms with van der Waals surface area (Å²) in [6.07, 6.45) is 3.79. The Balaban J connectivity index is 0.000000810. The predicted molar refractivity (Wildman–Crippen MR) is 39.4 cm³/mol. The number of aromatic nitrogens is 2. The number of rotatable bonds is 0. The zero-order valence-corrected chi connectivity index (χ0v) is 6.10. The van der Waals surface area contributed by atoms with Gasteiger partial charge >= 0.3 is 0 Å². The molecule has 9 heavy (non-hydrogen) atoms. The van der Waals surface area contributed by atoms with Gasteiger partial charge in [-0.25, -0.2) is 0 Å². The highest BCUT2D eigenvalue weighted by atomic mass is 15.1. The lowest BCUT2D eigenvalue weighted by Gasteiger charge is -2.14. The molecule has 1 aromatic rings. The maximum absolute atomic E-state index is 3.86. The Morgan fingerprint density at radius 1 is 1.56 bits per heavy atom. The third-order valence-electron chi connectivity index (χ3n) is 1.36. The average Bonchev–Trinajstić information content (AvgIpc) is 2.08. The third-order valence-corrected chi connectivity index (χ3v) is 1.36. The smallest absolute Gasteiger partial charge is 0.0524 e. The standard InChI is InChI=1S/C7H12N2.H2/c1-7(2,3)6-4-8-9-5-6;/h4-5H,1-3H3,(H,8,9);1H. The van der Waals surface area contributed by atoms with E-state index >= 15 is 0 Å². The van der Waals surface area contributed by atoms with Gasteiger partial charge in [-0.15, -0.1) is 0 Å².